The maximum absolute atomic E-state index is 13.6. The molecule has 8 N–H and O–H groups in total. The number of nitrogens with zero attached hydrogens (tertiary/aromatic N) is 5. The van der Waals surface area contributed by atoms with E-state index in [1.54, 1.807) is 66.7 Å². The van der Waals surface area contributed by atoms with Gasteiger partial charge in [0.05, 0.1) is 28.2 Å². The number of hydrogen-bond acceptors (Lipinski definition) is 12. The summed E-state index contributed by atoms with van der Waals surface area (Å²) in [6.07, 6.45) is 17.3. The summed E-state index contributed by atoms with van der Waals surface area (Å²) in [4.78, 5) is 88.5. The number of likely N-dealkylation sites (tertiary alicyclic amines) is 2. The molecule has 0 saturated carbocycles. The lowest BCUT2D eigenvalue weighted by Gasteiger charge is -2.32. The van der Waals surface area contributed by atoms with Crippen LogP contribution in [0, 0.1) is 0 Å². The van der Waals surface area contributed by atoms with Gasteiger partial charge < -0.3 is 62.1 Å². The van der Waals surface area contributed by atoms with Gasteiger partial charge in [0, 0.05) is 144 Å². The Bertz CT molecular complexity index is 3900. The number of nitrogens with one attached hydrogen (secondary N) is 6. The second-order valence-electron chi connectivity index (χ2n) is 27.9. The first-order valence-corrected chi connectivity index (χ1v) is 40.1. The summed E-state index contributed by atoms with van der Waals surface area (Å²) in [6, 6.07) is 39.3. The topological polar surface area (TPSA) is 217 Å². The predicted octanol–water partition coefficient (Wildman–Crippen LogP) is 13.9. The molecular formula is C81H98Cl8N12O6. The summed E-state index contributed by atoms with van der Waals surface area (Å²) < 4.78 is 0. The molecule has 6 aromatic rings. The van der Waals surface area contributed by atoms with Crippen LogP contribution in [0.25, 0.3) is 12.2 Å². The van der Waals surface area contributed by atoms with Gasteiger partial charge in [-0.25, -0.2) is 0 Å². The number of benzene rings is 6. The van der Waals surface area contributed by atoms with Gasteiger partial charge in [-0.2, -0.15) is 0 Å². The third-order valence-corrected chi connectivity index (χ3v) is 21.9. The summed E-state index contributed by atoms with van der Waals surface area (Å²) in [7, 11) is 0. The summed E-state index contributed by atoms with van der Waals surface area (Å²) in [5, 5.41) is 23.7. The zero-order valence-corrected chi connectivity index (χ0v) is 66.5. The minimum absolute atomic E-state index is 0.00446. The zero-order valence-electron chi connectivity index (χ0n) is 60.4. The minimum Gasteiger partial charge on any atom is -0.351 e. The van der Waals surface area contributed by atoms with E-state index in [2.05, 4.69) is 60.8 Å². The Morgan fingerprint density at radius 3 is 1.33 bits per heavy atom. The van der Waals surface area contributed by atoms with Gasteiger partial charge in [0.2, 0.25) is 29.5 Å². The van der Waals surface area contributed by atoms with Crippen molar-refractivity contribution in [1.82, 2.24) is 56.4 Å². The van der Waals surface area contributed by atoms with Crippen LogP contribution in [0.5, 0.6) is 0 Å². The fraction of sp³-hybridized carbons (Fsp3) is 0.432. The van der Waals surface area contributed by atoms with Crippen molar-refractivity contribution in [2.45, 2.75) is 133 Å². The molecule has 11 rings (SSSR count). The molecule has 6 amide bonds. The lowest BCUT2D eigenvalue weighted by molar-refractivity contribution is -0.134. The van der Waals surface area contributed by atoms with Gasteiger partial charge >= 0.3 is 0 Å². The van der Waals surface area contributed by atoms with Crippen LogP contribution in [0.3, 0.4) is 0 Å². The van der Waals surface area contributed by atoms with Crippen molar-refractivity contribution in [2.24, 2.45) is 5.73 Å². The SMILES string of the molecule is CCC(CN1CC[C@@H](CNC(=O)/C=C/c2ccc(Cl)cc2)N[C@@H](CCN)C1=O)c1ccccc1.O=C(/C=C/c1ccc(Cl)cc1)NC[C@@H]1CCN(Cc2cc(Cl)cc(Cl)c2)C(=O)[C@H](CN2CCCCC2)N1.O=C(NC[C@@H]1CCN(Cc2cc(Cl)cc(Cl)c2)C(=O)[C@H](CN2CCCCC2)N1)c1ccc(Cl)c(Cl)c1. The fourth-order valence-electron chi connectivity index (χ4n) is 14.0. The Labute approximate surface area is 670 Å². The van der Waals surface area contributed by atoms with Gasteiger partial charge in [-0.3, -0.25) is 28.8 Å². The third kappa shape index (κ3) is 28.2. The number of amides is 6. The first kappa shape index (κ1) is 84.7. The molecule has 0 bridgehead atoms. The van der Waals surface area contributed by atoms with Crippen LogP contribution >= 0.6 is 92.8 Å². The lowest BCUT2D eigenvalue weighted by Crippen LogP contribution is -2.54. The maximum atomic E-state index is 13.6. The molecule has 5 saturated heterocycles. The monoisotopic (exact) mass is 1610 g/mol. The largest absolute Gasteiger partial charge is 0.351 e. The van der Waals surface area contributed by atoms with E-state index in [4.69, 9.17) is 98.5 Å². The van der Waals surface area contributed by atoms with Crippen molar-refractivity contribution in [3.05, 3.63) is 219 Å². The Morgan fingerprint density at radius 1 is 0.477 bits per heavy atom. The van der Waals surface area contributed by atoms with E-state index in [0.29, 0.717) is 137 Å². The molecule has 5 fully saturated rings. The molecule has 574 valence electrons. The molecule has 6 aromatic carbocycles. The van der Waals surface area contributed by atoms with Crippen molar-refractivity contribution in [2.75, 3.05) is 91.6 Å². The summed E-state index contributed by atoms with van der Waals surface area (Å²) in [6.45, 7) is 12.5. The predicted molar refractivity (Wildman–Crippen MR) is 436 cm³/mol. The molecule has 26 heteroatoms. The van der Waals surface area contributed by atoms with Crippen LogP contribution in [0.15, 0.2) is 146 Å². The van der Waals surface area contributed by atoms with Crippen LogP contribution in [-0.2, 0) is 37.1 Å². The van der Waals surface area contributed by atoms with Crippen molar-refractivity contribution < 1.29 is 28.8 Å². The Morgan fingerprint density at radius 2 is 0.897 bits per heavy atom. The molecule has 107 heavy (non-hydrogen) atoms. The van der Waals surface area contributed by atoms with Crippen LogP contribution in [0.1, 0.15) is 122 Å². The number of rotatable bonds is 25. The number of nitrogens with two attached hydrogens (primary N) is 1. The quantitative estimate of drug-likeness (QED) is 0.0267. The molecule has 1 unspecified atom stereocenters. The number of carbonyl (C=O) groups excluding carboxylic acids is 6. The molecule has 7 atom stereocenters. The highest BCUT2D eigenvalue weighted by Crippen LogP contribution is 2.28. The molecular weight excluding hydrogens is 1520 g/mol. The van der Waals surface area contributed by atoms with E-state index >= 15 is 0 Å². The second kappa shape index (κ2) is 43.9. The first-order chi connectivity index (χ1) is 51.6. The summed E-state index contributed by atoms with van der Waals surface area (Å²) >= 11 is 48.7. The normalized spacial score (nSPS) is 20.8. The van der Waals surface area contributed by atoms with Crippen molar-refractivity contribution in [3.8, 4) is 0 Å². The third-order valence-electron chi connectivity index (χ3n) is 19.7. The van der Waals surface area contributed by atoms with Crippen LogP contribution in [-0.4, -0.2) is 188 Å². The standard InChI is InChI=1S/C28H33Cl3N4O2.C27H35ClN4O2.C26H30Cl4N4O2/c29-22-7-4-20(5-8-22)6-9-27(36)32-17-25-10-13-35(18-21-14-23(30)16-24(31)15-21)28(37)26(33-25)19-34-11-2-1-3-12-34;1-2-21(22-6-4-3-5-7-22)19-32-17-15-24(31-25(14-16-29)27(32)34)18-30-26(33)13-10-20-8-11-23(28)12-9-20;27-19-10-17(11-20(28)13-19)15-34-9-6-21(14-31-25(35)18-4-5-22(29)23(30)12-18)32-24(26(34)36)16-33-7-2-1-3-8-33/h4-9,14-16,25-26,33H,1-3,10-13,17-19H2,(H,32,36);3-13,21,24-25,31H,2,14-19,29H2,1H3,(H,30,33);4-5,10-13,21,24,32H,1-3,6-9,14-16H2,(H,31,35)/b9-6+;13-10+;/t25-,26-;21?,24-,25-;21-,24-/m000/s1. The second-order valence-corrected chi connectivity index (χ2v) is 31.3. The number of halogens is 8. The van der Waals surface area contributed by atoms with Crippen LogP contribution in [0.4, 0.5) is 0 Å². The fourth-order valence-corrected chi connectivity index (χ4v) is 15.7. The molecule has 0 radical (unpaired) electrons. The van der Waals surface area contributed by atoms with Crippen molar-refractivity contribution >= 4 is 140 Å². The van der Waals surface area contributed by atoms with E-state index in [0.717, 1.165) is 93.4 Å². The number of piperidine rings is 2. The van der Waals surface area contributed by atoms with Crippen molar-refractivity contribution in [1.29, 1.82) is 0 Å². The molecule has 0 spiro atoms. The molecule has 5 aliphatic rings. The lowest BCUT2D eigenvalue weighted by atomic mass is 9.95. The zero-order chi connectivity index (χ0) is 76.2. The van der Waals surface area contributed by atoms with Crippen LogP contribution in [0.2, 0.25) is 40.2 Å². The number of hydrogen-bond donors (Lipinski definition) is 7. The molecule has 0 aromatic heterocycles. The van der Waals surface area contributed by atoms with Gasteiger partial charge in [-0.1, -0.05) is 167 Å². The van der Waals surface area contributed by atoms with E-state index in [1.807, 2.05) is 81.4 Å². The van der Waals surface area contributed by atoms with Gasteiger partial charge in [0.15, 0.2) is 0 Å². The van der Waals surface area contributed by atoms with Crippen molar-refractivity contribution in [3.63, 3.8) is 0 Å². The first-order valence-electron chi connectivity index (χ1n) is 37.0. The Balaban J connectivity index is 0.000000186. The molecule has 18 nitrogen and oxygen atoms in total. The molecule has 5 aliphatic heterocycles. The minimum atomic E-state index is -0.368. The Kier molecular flexibility index (Phi) is 34.8. The average Bonchev–Trinajstić information content (AvgIpc) is 1.80. The number of carbonyl (C=O) groups is 6. The van der Waals surface area contributed by atoms with Gasteiger partial charge in [-0.05, 0) is 209 Å². The molecule has 5 heterocycles. The van der Waals surface area contributed by atoms with Gasteiger partial charge in [-0.15, -0.1) is 0 Å². The Hall–Kier alpha value is -6.30. The van der Waals surface area contributed by atoms with Crippen LogP contribution < -0.4 is 37.6 Å². The van der Waals surface area contributed by atoms with E-state index < -0.39 is 0 Å². The summed E-state index contributed by atoms with van der Waals surface area (Å²) in [5.41, 5.74) is 11.1. The van der Waals surface area contributed by atoms with Gasteiger partial charge in [0.1, 0.15) is 0 Å². The smallest absolute Gasteiger partial charge is 0.251 e. The van der Waals surface area contributed by atoms with E-state index in [9.17, 15) is 28.8 Å². The van der Waals surface area contributed by atoms with E-state index in [1.165, 1.54) is 30.6 Å². The highest BCUT2D eigenvalue weighted by atomic mass is 35.5. The van der Waals surface area contributed by atoms with E-state index in [-0.39, 0.29) is 77.6 Å². The summed E-state index contributed by atoms with van der Waals surface area (Å²) in [5.74, 6) is -0.0775. The average molecular weight is 1620 g/mol. The maximum Gasteiger partial charge on any atom is 0.251 e. The highest BCUT2D eigenvalue weighted by Gasteiger charge is 2.36. The highest BCUT2D eigenvalue weighted by molar-refractivity contribution is 6.42. The van der Waals surface area contributed by atoms with Gasteiger partial charge in [0.25, 0.3) is 5.91 Å². The molecule has 0 aliphatic carbocycles.